The number of hydrogen-bond acceptors (Lipinski definition) is 4. The average molecular weight is 264 g/mol. The van der Waals surface area contributed by atoms with Crippen molar-refractivity contribution in [3.8, 4) is 11.6 Å². The van der Waals surface area contributed by atoms with Crippen LogP contribution in [0.5, 0.6) is 11.6 Å². The highest BCUT2D eigenvalue weighted by Crippen LogP contribution is 2.27. The van der Waals surface area contributed by atoms with E-state index in [1.807, 2.05) is 24.3 Å². The molecule has 1 heterocycles. The molecule has 4 nitrogen and oxygen atoms in total. The van der Waals surface area contributed by atoms with Crippen LogP contribution in [0.4, 0.5) is 5.95 Å². The summed E-state index contributed by atoms with van der Waals surface area (Å²) >= 11 is 6.00. The summed E-state index contributed by atoms with van der Waals surface area (Å²) in [7, 11) is 1.74. The number of rotatable bonds is 4. The second kappa shape index (κ2) is 5.69. The number of benzene rings is 1. The summed E-state index contributed by atoms with van der Waals surface area (Å²) in [6.45, 7) is 2.09. The third-order valence-electron chi connectivity index (χ3n) is 2.46. The fraction of sp³-hybridized carbons (Fsp3) is 0.231. The van der Waals surface area contributed by atoms with Crippen LogP contribution in [-0.2, 0) is 6.42 Å². The summed E-state index contributed by atoms with van der Waals surface area (Å²) in [6.07, 6.45) is 2.47. The minimum Gasteiger partial charge on any atom is -0.437 e. The Kier molecular flexibility index (Phi) is 3.99. The highest BCUT2D eigenvalue weighted by atomic mass is 35.5. The maximum atomic E-state index is 6.00. The van der Waals surface area contributed by atoms with Crippen LogP contribution in [0.25, 0.3) is 0 Å². The zero-order valence-corrected chi connectivity index (χ0v) is 11.0. The lowest BCUT2D eigenvalue weighted by Crippen LogP contribution is -1.98. The van der Waals surface area contributed by atoms with Crippen molar-refractivity contribution in [2.24, 2.45) is 0 Å². The third kappa shape index (κ3) is 2.90. The van der Waals surface area contributed by atoms with Crippen LogP contribution < -0.4 is 10.1 Å². The van der Waals surface area contributed by atoms with Gasteiger partial charge in [-0.1, -0.05) is 30.7 Å². The van der Waals surface area contributed by atoms with Crippen LogP contribution in [0.3, 0.4) is 0 Å². The van der Waals surface area contributed by atoms with Gasteiger partial charge in [0.1, 0.15) is 10.8 Å². The third-order valence-corrected chi connectivity index (χ3v) is 2.72. The Hall–Kier alpha value is -1.81. The van der Waals surface area contributed by atoms with Crippen LogP contribution in [0.15, 0.2) is 30.5 Å². The van der Waals surface area contributed by atoms with E-state index in [2.05, 4.69) is 22.2 Å². The molecule has 1 N–H and O–H groups in total. The molecule has 0 atom stereocenters. The largest absolute Gasteiger partial charge is 0.437 e. The Morgan fingerprint density at radius 1 is 1.39 bits per heavy atom. The zero-order valence-electron chi connectivity index (χ0n) is 10.3. The van der Waals surface area contributed by atoms with Crippen LogP contribution in [0.1, 0.15) is 12.5 Å². The van der Waals surface area contributed by atoms with Gasteiger partial charge >= 0.3 is 0 Å². The van der Waals surface area contributed by atoms with Crippen molar-refractivity contribution in [1.82, 2.24) is 9.97 Å². The van der Waals surface area contributed by atoms with Crippen molar-refractivity contribution >= 4 is 17.5 Å². The molecule has 0 amide bonds. The minimum atomic E-state index is 0.351. The molecule has 2 rings (SSSR count). The molecule has 1 aromatic carbocycles. The number of anilines is 1. The molecule has 5 heteroatoms. The molecule has 0 aliphatic heterocycles. The Labute approximate surface area is 111 Å². The molecule has 2 aromatic rings. The number of aryl methyl sites for hydroxylation is 1. The van der Waals surface area contributed by atoms with Gasteiger partial charge in [-0.05, 0) is 24.1 Å². The van der Waals surface area contributed by atoms with Gasteiger partial charge in [0.25, 0.3) is 0 Å². The van der Waals surface area contributed by atoms with Crippen molar-refractivity contribution in [2.75, 3.05) is 12.4 Å². The smallest absolute Gasteiger partial charge is 0.243 e. The van der Waals surface area contributed by atoms with Crippen LogP contribution >= 0.6 is 11.6 Å². The summed E-state index contributed by atoms with van der Waals surface area (Å²) in [5.41, 5.74) is 1.20. The van der Waals surface area contributed by atoms with Crippen molar-refractivity contribution in [3.05, 3.63) is 41.0 Å². The molecule has 0 unspecified atom stereocenters. The van der Waals surface area contributed by atoms with Crippen molar-refractivity contribution in [3.63, 3.8) is 0 Å². The molecular formula is C13H14ClN3O. The standard InChI is InChI=1S/C13H14ClN3O/c1-3-9-5-4-6-10(7-9)18-12-11(14)8-16-13(15-2)17-12/h4-8H,3H2,1-2H3,(H,15,16,17). The summed E-state index contributed by atoms with van der Waals surface area (Å²) in [4.78, 5) is 8.16. The highest BCUT2D eigenvalue weighted by molar-refractivity contribution is 6.31. The Morgan fingerprint density at radius 3 is 2.94 bits per heavy atom. The van der Waals surface area contributed by atoms with E-state index >= 15 is 0 Å². The topological polar surface area (TPSA) is 47.0 Å². The number of halogens is 1. The Morgan fingerprint density at radius 2 is 2.22 bits per heavy atom. The van der Waals surface area contributed by atoms with E-state index in [9.17, 15) is 0 Å². The van der Waals surface area contributed by atoms with E-state index in [0.29, 0.717) is 16.9 Å². The number of aromatic nitrogens is 2. The van der Waals surface area contributed by atoms with Crippen molar-refractivity contribution in [1.29, 1.82) is 0 Å². The maximum Gasteiger partial charge on any atom is 0.243 e. The molecule has 0 saturated heterocycles. The second-order valence-corrected chi connectivity index (χ2v) is 4.11. The fourth-order valence-corrected chi connectivity index (χ4v) is 1.61. The number of ether oxygens (including phenoxy) is 1. The van der Waals surface area contributed by atoms with Crippen molar-refractivity contribution in [2.45, 2.75) is 13.3 Å². The normalized spacial score (nSPS) is 10.2. The Balaban J connectivity index is 2.27. The first-order valence-electron chi connectivity index (χ1n) is 5.70. The van der Waals surface area contributed by atoms with Crippen LogP contribution in [0.2, 0.25) is 5.02 Å². The molecule has 0 aliphatic carbocycles. The van der Waals surface area contributed by atoms with E-state index in [-0.39, 0.29) is 0 Å². The predicted molar refractivity (Wildman–Crippen MR) is 72.5 cm³/mol. The highest BCUT2D eigenvalue weighted by Gasteiger charge is 2.07. The van der Waals surface area contributed by atoms with Gasteiger partial charge in [-0.25, -0.2) is 4.98 Å². The number of nitrogens with zero attached hydrogens (tertiary/aromatic N) is 2. The van der Waals surface area contributed by atoms with Gasteiger partial charge in [0.2, 0.25) is 11.8 Å². The second-order valence-electron chi connectivity index (χ2n) is 3.70. The summed E-state index contributed by atoms with van der Waals surface area (Å²) in [5.74, 6) is 1.54. The number of hydrogen-bond donors (Lipinski definition) is 1. The summed E-state index contributed by atoms with van der Waals surface area (Å²) < 4.78 is 5.67. The molecule has 0 aliphatic rings. The molecule has 18 heavy (non-hydrogen) atoms. The van der Waals surface area contributed by atoms with Gasteiger partial charge in [0, 0.05) is 7.05 Å². The first-order valence-corrected chi connectivity index (χ1v) is 6.07. The van der Waals surface area contributed by atoms with Gasteiger partial charge < -0.3 is 10.1 Å². The fourth-order valence-electron chi connectivity index (χ4n) is 1.48. The predicted octanol–water partition coefficient (Wildman–Crippen LogP) is 3.53. The SMILES string of the molecule is CCc1cccc(Oc2nc(NC)ncc2Cl)c1. The zero-order chi connectivity index (χ0) is 13.0. The first-order chi connectivity index (χ1) is 8.72. The monoisotopic (exact) mass is 263 g/mol. The first kappa shape index (κ1) is 12.6. The molecule has 94 valence electrons. The quantitative estimate of drug-likeness (QED) is 0.917. The van der Waals surface area contributed by atoms with Gasteiger partial charge in [-0.3, -0.25) is 0 Å². The lowest BCUT2D eigenvalue weighted by atomic mass is 10.2. The molecule has 0 bridgehead atoms. The lowest BCUT2D eigenvalue weighted by Gasteiger charge is -2.08. The van der Waals surface area contributed by atoms with E-state index in [4.69, 9.17) is 16.3 Å². The molecular weight excluding hydrogens is 250 g/mol. The summed E-state index contributed by atoms with van der Waals surface area (Å²) in [5, 5.41) is 3.23. The van der Waals surface area contributed by atoms with Gasteiger partial charge in [0.05, 0.1) is 6.20 Å². The van der Waals surface area contributed by atoms with Crippen LogP contribution in [0, 0.1) is 0 Å². The molecule has 0 fully saturated rings. The number of nitrogens with one attached hydrogen (secondary N) is 1. The molecule has 0 radical (unpaired) electrons. The lowest BCUT2D eigenvalue weighted by molar-refractivity contribution is 0.462. The molecule has 0 spiro atoms. The van der Waals surface area contributed by atoms with E-state index < -0.39 is 0 Å². The summed E-state index contributed by atoms with van der Waals surface area (Å²) in [6, 6.07) is 7.84. The van der Waals surface area contributed by atoms with Crippen molar-refractivity contribution < 1.29 is 4.74 Å². The van der Waals surface area contributed by atoms with Gasteiger partial charge in [-0.15, -0.1) is 0 Å². The van der Waals surface area contributed by atoms with E-state index in [0.717, 1.165) is 12.2 Å². The van der Waals surface area contributed by atoms with E-state index in [1.54, 1.807) is 7.05 Å². The maximum absolute atomic E-state index is 6.00. The van der Waals surface area contributed by atoms with Gasteiger partial charge in [-0.2, -0.15) is 4.98 Å². The Bertz CT molecular complexity index is 546. The van der Waals surface area contributed by atoms with Crippen LogP contribution in [-0.4, -0.2) is 17.0 Å². The average Bonchev–Trinajstić information content (AvgIpc) is 2.41. The van der Waals surface area contributed by atoms with E-state index in [1.165, 1.54) is 11.8 Å². The van der Waals surface area contributed by atoms with Gasteiger partial charge in [0.15, 0.2) is 0 Å². The minimum absolute atomic E-state index is 0.351. The molecule has 1 aromatic heterocycles. The molecule has 0 saturated carbocycles.